The van der Waals surface area contributed by atoms with Gasteiger partial charge in [0.1, 0.15) is 16.6 Å². The van der Waals surface area contributed by atoms with Crippen LogP contribution in [0, 0.1) is 5.82 Å². The van der Waals surface area contributed by atoms with Crippen LogP contribution in [0.5, 0.6) is 5.75 Å². The minimum absolute atomic E-state index is 0.101. The maximum Gasteiger partial charge on any atom is 0.358 e. The number of rotatable bonds is 7. The van der Waals surface area contributed by atoms with E-state index in [1.165, 1.54) is 30.4 Å². The first-order valence-corrected chi connectivity index (χ1v) is 9.67. The average molecular weight is 414 g/mol. The molecule has 2 aromatic carbocycles. The third-order valence-corrected chi connectivity index (χ3v) is 4.97. The molecule has 0 saturated carbocycles. The van der Waals surface area contributed by atoms with Crippen LogP contribution < -0.4 is 10.1 Å². The molecule has 8 heteroatoms. The van der Waals surface area contributed by atoms with Crippen molar-refractivity contribution in [2.24, 2.45) is 0 Å². The van der Waals surface area contributed by atoms with E-state index < -0.39 is 18.0 Å². The summed E-state index contributed by atoms with van der Waals surface area (Å²) in [6.07, 6.45) is -0.975. The lowest BCUT2D eigenvalue weighted by Crippen LogP contribution is -2.35. The maximum atomic E-state index is 13.0. The molecule has 0 unspecified atom stereocenters. The standard InChI is InChI=1S/C21H19FN2O4S/c1-13(19(25)23-11-14-3-9-17(27-2)10-4-14)28-21(26)18-12-29-20(24-18)15-5-7-16(22)8-6-15/h3-10,12-13H,11H2,1-2H3,(H,23,25)/t13-/m0/s1. The number of amides is 1. The highest BCUT2D eigenvalue weighted by atomic mass is 32.1. The van der Waals surface area contributed by atoms with Crippen molar-refractivity contribution in [1.82, 2.24) is 10.3 Å². The van der Waals surface area contributed by atoms with Gasteiger partial charge in [0.25, 0.3) is 5.91 Å². The summed E-state index contributed by atoms with van der Waals surface area (Å²) in [6, 6.07) is 13.1. The number of ether oxygens (including phenoxy) is 2. The van der Waals surface area contributed by atoms with E-state index in [0.29, 0.717) is 17.1 Å². The van der Waals surface area contributed by atoms with Gasteiger partial charge in [-0.15, -0.1) is 11.3 Å². The monoisotopic (exact) mass is 414 g/mol. The van der Waals surface area contributed by atoms with Gasteiger partial charge in [0.15, 0.2) is 11.8 Å². The molecular formula is C21H19FN2O4S. The van der Waals surface area contributed by atoms with E-state index in [0.717, 1.165) is 11.3 Å². The summed E-state index contributed by atoms with van der Waals surface area (Å²) < 4.78 is 23.3. The van der Waals surface area contributed by atoms with Gasteiger partial charge in [-0.1, -0.05) is 12.1 Å². The molecule has 3 aromatic rings. The molecule has 1 N–H and O–H groups in total. The van der Waals surface area contributed by atoms with E-state index in [4.69, 9.17) is 9.47 Å². The molecule has 6 nitrogen and oxygen atoms in total. The van der Waals surface area contributed by atoms with Gasteiger partial charge in [-0.25, -0.2) is 14.2 Å². The fourth-order valence-electron chi connectivity index (χ4n) is 2.44. The molecule has 0 aliphatic carbocycles. The number of nitrogens with zero attached hydrogens (tertiary/aromatic N) is 1. The Labute approximate surface area is 171 Å². The number of halogens is 1. The minimum atomic E-state index is -0.975. The lowest BCUT2D eigenvalue weighted by Gasteiger charge is -2.13. The number of esters is 1. The van der Waals surface area contributed by atoms with Gasteiger partial charge in [0.2, 0.25) is 0 Å². The Morgan fingerprint density at radius 3 is 2.48 bits per heavy atom. The van der Waals surface area contributed by atoms with Gasteiger partial charge in [-0.3, -0.25) is 4.79 Å². The summed E-state index contributed by atoms with van der Waals surface area (Å²) in [5, 5.41) is 4.83. The molecule has 0 radical (unpaired) electrons. The number of methoxy groups -OCH3 is 1. The van der Waals surface area contributed by atoms with Crippen molar-refractivity contribution in [2.45, 2.75) is 19.6 Å². The minimum Gasteiger partial charge on any atom is -0.497 e. The molecule has 3 rings (SSSR count). The zero-order valence-electron chi connectivity index (χ0n) is 15.8. The molecule has 0 aliphatic rings. The Morgan fingerprint density at radius 1 is 1.14 bits per heavy atom. The van der Waals surface area contributed by atoms with Crippen LogP contribution in [0.2, 0.25) is 0 Å². The highest BCUT2D eigenvalue weighted by Crippen LogP contribution is 2.24. The average Bonchev–Trinajstić information content (AvgIpc) is 3.23. The lowest BCUT2D eigenvalue weighted by molar-refractivity contribution is -0.129. The Morgan fingerprint density at radius 2 is 1.83 bits per heavy atom. The number of benzene rings is 2. The number of carbonyl (C=O) groups is 2. The quantitative estimate of drug-likeness (QED) is 0.595. The first-order chi connectivity index (χ1) is 14.0. The number of hydrogen-bond acceptors (Lipinski definition) is 6. The van der Waals surface area contributed by atoms with Gasteiger partial charge in [-0.05, 0) is 48.9 Å². The Bertz CT molecular complexity index is 987. The number of aromatic nitrogens is 1. The fraction of sp³-hybridized carbons (Fsp3) is 0.190. The second-order valence-corrected chi connectivity index (χ2v) is 7.02. The predicted molar refractivity (Wildman–Crippen MR) is 107 cm³/mol. The molecule has 0 saturated heterocycles. The highest BCUT2D eigenvalue weighted by molar-refractivity contribution is 7.13. The molecular weight excluding hydrogens is 395 g/mol. The molecule has 0 bridgehead atoms. The van der Waals surface area contributed by atoms with Gasteiger partial charge >= 0.3 is 5.97 Å². The molecule has 0 spiro atoms. The van der Waals surface area contributed by atoms with Crippen LogP contribution in [0.15, 0.2) is 53.9 Å². The summed E-state index contributed by atoms with van der Waals surface area (Å²) in [5.74, 6) is -0.727. The Hall–Kier alpha value is -3.26. The van der Waals surface area contributed by atoms with E-state index in [2.05, 4.69) is 10.3 Å². The zero-order chi connectivity index (χ0) is 20.8. The van der Waals surface area contributed by atoms with E-state index >= 15 is 0 Å². The van der Waals surface area contributed by atoms with E-state index in [1.807, 2.05) is 12.1 Å². The first kappa shape index (κ1) is 20.5. The lowest BCUT2D eigenvalue weighted by atomic mass is 10.2. The number of carbonyl (C=O) groups excluding carboxylic acids is 2. The highest BCUT2D eigenvalue weighted by Gasteiger charge is 2.21. The molecule has 1 heterocycles. The number of hydrogen-bond donors (Lipinski definition) is 1. The van der Waals surface area contributed by atoms with Crippen LogP contribution >= 0.6 is 11.3 Å². The molecule has 150 valence electrons. The summed E-state index contributed by atoms with van der Waals surface area (Å²) >= 11 is 1.24. The van der Waals surface area contributed by atoms with Crippen molar-refractivity contribution < 1.29 is 23.5 Å². The van der Waals surface area contributed by atoms with E-state index in [9.17, 15) is 14.0 Å². The maximum absolute atomic E-state index is 13.0. The molecule has 29 heavy (non-hydrogen) atoms. The molecule has 0 aliphatic heterocycles. The van der Waals surface area contributed by atoms with E-state index in [1.54, 1.807) is 36.8 Å². The van der Waals surface area contributed by atoms with Crippen LogP contribution in [-0.4, -0.2) is 30.1 Å². The Kier molecular flexibility index (Phi) is 6.56. The summed E-state index contributed by atoms with van der Waals surface area (Å²) in [4.78, 5) is 28.7. The normalized spacial score (nSPS) is 11.6. The molecule has 1 aromatic heterocycles. The van der Waals surface area contributed by atoms with Crippen LogP contribution in [0.3, 0.4) is 0 Å². The summed E-state index contributed by atoms with van der Waals surface area (Å²) in [7, 11) is 1.58. The number of nitrogens with one attached hydrogen (secondary N) is 1. The molecule has 1 amide bonds. The zero-order valence-corrected chi connectivity index (χ0v) is 16.7. The topological polar surface area (TPSA) is 77.5 Å². The predicted octanol–water partition coefficient (Wildman–Crippen LogP) is 3.82. The summed E-state index contributed by atoms with van der Waals surface area (Å²) in [5.41, 5.74) is 1.69. The van der Waals surface area contributed by atoms with Gasteiger partial charge in [0.05, 0.1) is 7.11 Å². The SMILES string of the molecule is COc1ccc(CNC(=O)[C@H](C)OC(=O)c2csc(-c3ccc(F)cc3)n2)cc1. The van der Waals surface area contributed by atoms with Crippen molar-refractivity contribution >= 4 is 23.2 Å². The third kappa shape index (κ3) is 5.39. The van der Waals surface area contributed by atoms with Gasteiger partial charge in [-0.2, -0.15) is 0 Å². The van der Waals surface area contributed by atoms with Crippen molar-refractivity contribution in [3.05, 3.63) is 71.0 Å². The fourth-order valence-corrected chi connectivity index (χ4v) is 3.24. The van der Waals surface area contributed by atoms with Crippen molar-refractivity contribution in [3.63, 3.8) is 0 Å². The first-order valence-electron chi connectivity index (χ1n) is 8.79. The van der Waals surface area contributed by atoms with Gasteiger partial charge < -0.3 is 14.8 Å². The molecule has 1 atom stereocenters. The van der Waals surface area contributed by atoms with Crippen LogP contribution in [0.25, 0.3) is 10.6 Å². The van der Waals surface area contributed by atoms with Crippen LogP contribution in [0.4, 0.5) is 4.39 Å². The third-order valence-electron chi connectivity index (χ3n) is 4.08. The Balaban J connectivity index is 1.54. The number of thiazole rings is 1. The van der Waals surface area contributed by atoms with Crippen molar-refractivity contribution in [3.8, 4) is 16.3 Å². The van der Waals surface area contributed by atoms with Crippen molar-refractivity contribution in [1.29, 1.82) is 0 Å². The van der Waals surface area contributed by atoms with E-state index in [-0.39, 0.29) is 11.5 Å². The second kappa shape index (κ2) is 9.29. The largest absolute Gasteiger partial charge is 0.497 e. The summed E-state index contributed by atoms with van der Waals surface area (Å²) in [6.45, 7) is 1.80. The smallest absolute Gasteiger partial charge is 0.358 e. The van der Waals surface area contributed by atoms with Crippen molar-refractivity contribution in [2.75, 3.05) is 7.11 Å². The van der Waals surface area contributed by atoms with Crippen LogP contribution in [0.1, 0.15) is 23.0 Å². The van der Waals surface area contributed by atoms with Crippen LogP contribution in [-0.2, 0) is 16.1 Å². The molecule has 0 fully saturated rings. The second-order valence-electron chi connectivity index (χ2n) is 6.16. The van der Waals surface area contributed by atoms with Gasteiger partial charge in [0, 0.05) is 17.5 Å².